The second-order valence-corrected chi connectivity index (χ2v) is 10.3. The zero-order valence-electron chi connectivity index (χ0n) is 19.6. The van der Waals surface area contributed by atoms with Gasteiger partial charge in [0.05, 0.1) is 12.6 Å². The van der Waals surface area contributed by atoms with Crippen LogP contribution in [0.15, 0.2) is 12.1 Å². The van der Waals surface area contributed by atoms with Gasteiger partial charge in [0.2, 0.25) is 11.8 Å². The maximum absolute atomic E-state index is 14.9. The molecule has 1 atom stereocenters. The lowest BCUT2D eigenvalue weighted by atomic mass is 9.73. The minimum Gasteiger partial charge on any atom is -0.487 e. The van der Waals surface area contributed by atoms with Gasteiger partial charge in [0, 0.05) is 17.5 Å². The maximum atomic E-state index is 14.9. The fraction of sp³-hybridized carbons (Fsp3) is 0.654. The lowest BCUT2D eigenvalue weighted by molar-refractivity contribution is -0.136. The van der Waals surface area contributed by atoms with Crippen molar-refractivity contribution in [3.8, 4) is 5.75 Å². The Morgan fingerprint density at radius 1 is 0.912 bits per heavy atom. The Balaban J connectivity index is 0.000000252. The van der Waals surface area contributed by atoms with Gasteiger partial charge in [0.25, 0.3) is 5.91 Å². The number of fused-ring (bicyclic) bond motifs is 1. The summed E-state index contributed by atoms with van der Waals surface area (Å²) in [5.41, 5.74) is 0.538. The highest BCUT2D eigenvalue weighted by atomic mass is 19.1. The molecule has 8 heteroatoms. The van der Waals surface area contributed by atoms with E-state index in [9.17, 15) is 18.8 Å². The van der Waals surface area contributed by atoms with Gasteiger partial charge in [-0.3, -0.25) is 19.7 Å². The number of nitrogens with zero attached hydrogens (tertiary/aromatic N) is 1. The van der Waals surface area contributed by atoms with E-state index in [-0.39, 0.29) is 54.2 Å². The molecule has 1 unspecified atom stereocenters. The molecule has 6 rings (SSSR count). The van der Waals surface area contributed by atoms with Crippen LogP contribution in [0.25, 0.3) is 0 Å². The molecular formula is C26H34FN3O4. The van der Waals surface area contributed by atoms with Crippen molar-refractivity contribution < 1.29 is 23.5 Å². The number of nitrogens with one attached hydrogen (secondary N) is 2. The standard InChI is InChI=1S/C19H21FN2O4.C7H13N/c20-17-13-10-22(14-7-9-16(23)21-18(14)24)19(25)12(13)6-8-15(17)26-11-4-2-1-3-5-11;1-2-6(3-1)7-4-8-5-7/h6,8,11,14H,1-5,7,9-10H2,(H,21,23,24);6-8H,1-5H2. The van der Waals surface area contributed by atoms with Gasteiger partial charge in [-0.25, -0.2) is 4.39 Å². The highest BCUT2D eigenvalue weighted by Gasteiger charge is 2.40. The number of piperidine rings is 1. The van der Waals surface area contributed by atoms with Crippen molar-refractivity contribution in [1.82, 2.24) is 15.5 Å². The number of carbonyl (C=O) groups is 3. The van der Waals surface area contributed by atoms with Crippen LogP contribution in [0.2, 0.25) is 0 Å². The first kappa shape index (κ1) is 23.3. The molecule has 0 spiro atoms. The molecule has 0 aromatic heterocycles. The van der Waals surface area contributed by atoms with Crippen molar-refractivity contribution >= 4 is 17.7 Å². The molecular weight excluding hydrogens is 437 g/mol. The van der Waals surface area contributed by atoms with Crippen LogP contribution in [0.1, 0.15) is 80.1 Å². The molecule has 2 saturated heterocycles. The van der Waals surface area contributed by atoms with Gasteiger partial charge in [-0.1, -0.05) is 25.7 Å². The summed E-state index contributed by atoms with van der Waals surface area (Å²) < 4.78 is 20.8. The Morgan fingerprint density at radius 3 is 2.26 bits per heavy atom. The number of imide groups is 1. The van der Waals surface area contributed by atoms with E-state index in [0.29, 0.717) is 0 Å². The molecule has 5 aliphatic rings. The Labute approximate surface area is 199 Å². The zero-order valence-corrected chi connectivity index (χ0v) is 19.6. The molecule has 2 aliphatic carbocycles. The van der Waals surface area contributed by atoms with Crippen molar-refractivity contribution in [1.29, 1.82) is 0 Å². The van der Waals surface area contributed by atoms with Gasteiger partial charge in [-0.05, 0) is 69.2 Å². The lowest BCUT2D eigenvalue weighted by Gasteiger charge is -2.39. The summed E-state index contributed by atoms with van der Waals surface area (Å²) in [6, 6.07) is 2.34. The van der Waals surface area contributed by atoms with Crippen molar-refractivity contribution in [3.63, 3.8) is 0 Å². The van der Waals surface area contributed by atoms with Crippen LogP contribution in [-0.2, 0) is 16.1 Å². The quantitative estimate of drug-likeness (QED) is 0.658. The predicted molar refractivity (Wildman–Crippen MR) is 124 cm³/mol. The third kappa shape index (κ3) is 4.69. The summed E-state index contributed by atoms with van der Waals surface area (Å²) in [5.74, 6) is 0.633. The highest BCUT2D eigenvalue weighted by Crippen LogP contribution is 2.35. The van der Waals surface area contributed by atoms with E-state index in [4.69, 9.17) is 4.74 Å². The second kappa shape index (κ2) is 10.0. The van der Waals surface area contributed by atoms with Gasteiger partial charge in [-0.15, -0.1) is 0 Å². The van der Waals surface area contributed by atoms with E-state index >= 15 is 0 Å². The lowest BCUT2D eigenvalue weighted by Crippen LogP contribution is -2.52. The summed E-state index contributed by atoms with van der Waals surface area (Å²) in [7, 11) is 0. The van der Waals surface area contributed by atoms with Gasteiger partial charge in [0.1, 0.15) is 6.04 Å². The van der Waals surface area contributed by atoms with E-state index in [0.717, 1.165) is 37.5 Å². The maximum Gasteiger partial charge on any atom is 0.255 e. The molecule has 3 aliphatic heterocycles. The molecule has 184 valence electrons. The minimum absolute atomic E-state index is 0.0136. The number of benzene rings is 1. The summed E-state index contributed by atoms with van der Waals surface area (Å²) in [6.07, 6.45) is 10.2. The summed E-state index contributed by atoms with van der Waals surface area (Å²) in [4.78, 5) is 37.3. The average Bonchev–Trinajstić information content (AvgIpc) is 3.10. The number of carbonyl (C=O) groups excluding carboxylic acids is 3. The molecule has 0 bridgehead atoms. The van der Waals surface area contributed by atoms with Crippen LogP contribution in [0.3, 0.4) is 0 Å². The highest BCUT2D eigenvalue weighted by molar-refractivity contribution is 6.05. The van der Waals surface area contributed by atoms with Crippen LogP contribution in [0.4, 0.5) is 4.39 Å². The molecule has 0 radical (unpaired) electrons. The second-order valence-electron chi connectivity index (χ2n) is 10.3. The molecule has 34 heavy (non-hydrogen) atoms. The van der Waals surface area contributed by atoms with Gasteiger partial charge < -0.3 is 15.0 Å². The average molecular weight is 472 g/mol. The van der Waals surface area contributed by atoms with E-state index in [1.807, 2.05) is 0 Å². The molecule has 2 N–H and O–H groups in total. The van der Waals surface area contributed by atoms with Crippen molar-refractivity contribution in [2.75, 3.05) is 13.1 Å². The van der Waals surface area contributed by atoms with Crippen molar-refractivity contribution in [3.05, 3.63) is 29.1 Å². The molecule has 2 saturated carbocycles. The summed E-state index contributed by atoms with van der Waals surface area (Å²) in [6.45, 7) is 2.64. The number of amides is 3. The van der Waals surface area contributed by atoms with Crippen LogP contribution in [0, 0.1) is 17.7 Å². The van der Waals surface area contributed by atoms with Crippen molar-refractivity contribution in [2.24, 2.45) is 11.8 Å². The van der Waals surface area contributed by atoms with Crippen LogP contribution in [0.5, 0.6) is 5.75 Å². The Kier molecular flexibility index (Phi) is 6.86. The Morgan fingerprint density at radius 2 is 1.68 bits per heavy atom. The molecule has 1 aromatic rings. The van der Waals surface area contributed by atoms with Gasteiger partial charge in [0.15, 0.2) is 11.6 Å². The zero-order chi connectivity index (χ0) is 23.7. The largest absolute Gasteiger partial charge is 0.487 e. The monoisotopic (exact) mass is 471 g/mol. The minimum atomic E-state index is -0.741. The molecule has 3 amide bonds. The molecule has 1 aromatic carbocycles. The van der Waals surface area contributed by atoms with Crippen molar-refractivity contribution in [2.45, 2.75) is 82.9 Å². The number of hydrogen-bond donors (Lipinski definition) is 2. The Hall–Kier alpha value is -2.48. The van der Waals surface area contributed by atoms with Crippen LogP contribution in [-0.4, -0.2) is 47.9 Å². The number of halogens is 1. The van der Waals surface area contributed by atoms with E-state index < -0.39 is 17.8 Å². The molecule has 3 heterocycles. The van der Waals surface area contributed by atoms with E-state index in [2.05, 4.69) is 10.6 Å². The third-order valence-electron chi connectivity index (χ3n) is 8.09. The summed E-state index contributed by atoms with van der Waals surface area (Å²) >= 11 is 0. The van der Waals surface area contributed by atoms with Gasteiger partial charge >= 0.3 is 0 Å². The van der Waals surface area contributed by atoms with Crippen LogP contribution >= 0.6 is 0 Å². The SMILES string of the molecule is C1CC(C2CNC2)C1.O=C1CCC(N2Cc3c(ccc(OC4CCCCC4)c3F)C2=O)C(=O)N1. The number of hydrogen-bond acceptors (Lipinski definition) is 5. The van der Waals surface area contributed by atoms with Gasteiger partial charge in [-0.2, -0.15) is 0 Å². The predicted octanol–water partition coefficient (Wildman–Crippen LogP) is 3.30. The smallest absolute Gasteiger partial charge is 0.255 e. The van der Waals surface area contributed by atoms with Crippen LogP contribution < -0.4 is 15.4 Å². The fourth-order valence-electron chi connectivity index (χ4n) is 5.59. The van der Waals surface area contributed by atoms with E-state index in [1.165, 1.54) is 49.7 Å². The number of ether oxygens (including phenoxy) is 1. The Bertz CT molecular complexity index is 942. The third-order valence-corrected chi connectivity index (χ3v) is 8.09. The number of rotatable bonds is 4. The molecule has 7 nitrogen and oxygen atoms in total. The van der Waals surface area contributed by atoms with E-state index in [1.54, 1.807) is 6.07 Å². The normalized spacial score (nSPS) is 25.6. The molecule has 4 fully saturated rings. The first-order chi connectivity index (χ1) is 16.5. The first-order valence-corrected chi connectivity index (χ1v) is 12.8. The summed E-state index contributed by atoms with van der Waals surface area (Å²) in [5, 5.41) is 5.55. The fourth-order valence-corrected chi connectivity index (χ4v) is 5.59. The first-order valence-electron chi connectivity index (χ1n) is 12.8. The topological polar surface area (TPSA) is 87.7 Å².